The molecule has 0 aromatic heterocycles. The van der Waals surface area contributed by atoms with Crippen LogP contribution in [0.2, 0.25) is 0 Å². The molecule has 0 aromatic carbocycles. The number of aliphatic hydroxyl groups excluding tert-OH is 3. The summed E-state index contributed by atoms with van der Waals surface area (Å²) in [5.74, 6) is -1.05. The van der Waals surface area contributed by atoms with Gasteiger partial charge in [-0.05, 0) is 27.7 Å². The molecule has 0 amide bonds. The zero-order chi connectivity index (χ0) is 16.8. The third-order valence-electron chi connectivity index (χ3n) is 3.63. The van der Waals surface area contributed by atoms with Gasteiger partial charge in [-0.2, -0.15) is 0 Å². The van der Waals surface area contributed by atoms with Gasteiger partial charge in [0.2, 0.25) is 6.29 Å². The minimum atomic E-state index is -1.35. The van der Waals surface area contributed by atoms with Crippen LogP contribution in [-0.2, 0) is 9.47 Å². The first-order valence-electron chi connectivity index (χ1n) is 6.86. The van der Waals surface area contributed by atoms with E-state index in [2.05, 4.69) is 0 Å². The van der Waals surface area contributed by atoms with Crippen molar-refractivity contribution in [3.8, 4) is 0 Å². The van der Waals surface area contributed by atoms with Crippen LogP contribution in [0.5, 0.6) is 0 Å². The highest BCUT2D eigenvalue weighted by molar-refractivity contribution is 5.03. The molecule has 6 heteroatoms. The smallest absolute Gasteiger partial charge is 0.310 e. The molecule has 4 N–H and O–H groups in total. The van der Waals surface area contributed by atoms with Gasteiger partial charge in [0.1, 0.15) is 6.10 Å². The molecule has 0 radical (unpaired) electrons. The summed E-state index contributed by atoms with van der Waals surface area (Å²) in [5, 5.41) is 36.9. The van der Waals surface area contributed by atoms with Crippen molar-refractivity contribution in [2.24, 2.45) is 5.41 Å². The van der Waals surface area contributed by atoms with E-state index in [1.165, 1.54) is 6.92 Å². The first-order valence-corrected chi connectivity index (χ1v) is 6.86. The van der Waals surface area contributed by atoms with Crippen molar-refractivity contribution < 1.29 is 29.9 Å². The molecule has 3 atom stereocenters. The van der Waals surface area contributed by atoms with Crippen LogP contribution in [0.15, 0.2) is 24.4 Å². The summed E-state index contributed by atoms with van der Waals surface area (Å²) in [4.78, 5) is 0. The Hall–Kier alpha value is -1.24. The first-order chi connectivity index (χ1) is 9.44. The zero-order valence-corrected chi connectivity index (χ0v) is 13.6. The summed E-state index contributed by atoms with van der Waals surface area (Å²) in [6.07, 6.45) is 0.795. The van der Waals surface area contributed by atoms with Gasteiger partial charge in [-0.25, -0.2) is 0 Å². The molecule has 0 aliphatic rings. The normalized spacial score (nSPS) is 17.3. The van der Waals surface area contributed by atoms with E-state index in [1.807, 2.05) is 46.8 Å². The lowest BCUT2D eigenvalue weighted by atomic mass is 9.76. The van der Waals surface area contributed by atoms with E-state index in [0.717, 1.165) is 0 Å². The molecular formula is C15H28O6. The fourth-order valence-corrected chi connectivity index (χ4v) is 1.59. The molecule has 0 saturated heterocycles. The molecular weight excluding hydrogens is 276 g/mol. The molecule has 0 saturated carbocycles. The Labute approximate surface area is 126 Å². The van der Waals surface area contributed by atoms with Crippen LogP contribution in [-0.4, -0.2) is 44.5 Å². The number of allylic oxidation sites excluding steroid dienone is 1. The Kier molecular flexibility index (Phi) is 7.23. The molecule has 0 aliphatic heterocycles. The molecule has 0 spiro atoms. The monoisotopic (exact) mass is 304 g/mol. The minimum absolute atomic E-state index is 0.382. The molecule has 2 unspecified atom stereocenters. The van der Waals surface area contributed by atoms with Gasteiger partial charge < -0.3 is 29.9 Å². The van der Waals surface area contributed by atoms with Gasteiger partial charge in [-0.15, -0.1) is 0 Å². The van der Waals surface area contributed by atoms with Crippen LogP contribution >= 0.6 is 0 Å². The maximum atomic E-state index is 9.95. The first kappa shape index (κ1) is 19.8. The maximum absolute atomic E-state index is 9.95. The van der Waals surface area contributed by atoms with Crippen molar-refractivity contribution in [3.63, 3.8) is 0 Å². The predicted octanol–water partition coefficient (Wildman–Crippen LogP) is 2.38. The van der Waals surface area contributed by atoms with Gasteiger partial charge in [-0.1, -0.05) is 26.0 Å². The summed E-state index contributed by atoms with van der Waals surface area (Å²) in [5.41, 5.74) is -1.13. The summed E-state index contributed by atoms with van der Waals surface area (Å²) >= 11 is 0. The maximum Gasteiger partial charge on any atom is 0.310 e. The molecule has 0 heterocycles. The Morgan fingerprint density at radius 2 is 1.62 bits per heavy atom. The van der Waals surface area contributed by atoms with Crippen LogP contribution in [0.1, 0.15) is 41.5 Å². The molecule has 0 aromatic rings. The third-order valence-corrected chi connectivity index (χ3v) is 3.63. The largest absolute Gasteiger partial charge is 0.479 e. The van der Waals surface area contributed by atoms with Crippen molar-refractivity contribution in [2.45, 2.75) is 65.6 Å². The van der Waals surface area contributed by atoms with Crippen LogP contribution in [0, 0.1) is 5.41 Å². The van der Waals surface area contributed by atoms with E-state index in [-0.39, 0.29) is 5.41 Å². The van der Waals surface area contributed by atoms with E-state index in [4.69, 9.17) is 19.7 Å². The van der Waals surface area contributed by atoms with Crippen molar-refractivity contribution in [1.29, 1.82) is 0 Å². The predicted molar refractivity (Wildman–Crippen MR) is 79.7 cm³/mol. The number of ether oxygens (including phenoxy) is 2. The summed E-state index contributed by atoms with van der Waals surface area (Å²) in [6, 6.07) is 0. The van der Waals surface area contributed by atoms with E-state index >= 15 is 0 Å². The van der Waals surface area contributed by atoms with Crippen LogP contribution < -0.4 is 0 Å². The zero-order valence-electron chi connectivity index (χ0n) is 13.6. The molecule has 6 nitrogen and oxygen atoms in total. The van der Waals surface area contributed by atoms with Crippen molar-refractivity contribution in [1.82, 2.24) is 0 Å². The topological polar surface area (TPSA) is 99.4 Å². The molecule has 0 bridgehead atoms. The number of hydrogen-bond donors (Lipinski definition) is 4. The van der Waals surface area contributed by atoms with Gasteiger partial charge in [0.05, 0.1) is 11.7 Å². The summed E-state index contributed by atoms with van der Waals surface area (Å²) in [7, 11) is 0. The Morgan fingerprint density at radius 3 is 2.00 bits per heavy atom. The molecule has 124 valence electrons. The fourth-order valence-electron chi connectivity index (χ4n) is 1.59. The van der Waals surface area contributed by atoms with Gasteiger partial charge in [0.15, 0.2) is 6.26 Å². The Bertz CT molecular complexity index is 366. The van der Waals surface area contributed by atoms with Crippen LogP contribution in [0.4, 0.5) is 0 Å². The average Bonchev–Trinajstić information content (AvgIpc) is 2.32. The Balaban J connectivity index is 5.23. The van der Waals surface area contributed by atoms with Crippen molar-refractivity contribution in [3.05, 3.63) is 24.4 Å². The van der Waals surface area contributed by atoms with Gasteiger partial charge >= 0.3 is 5.95 Å². The van der Waals surface area contributed by atoms with E-state index in [1.54, 1.807) is 0 Å². The second-order valence-corrected chi connectivity index (χ2v) is 6.06. The van der Waals surface area contributed by atoms with E-state index in [9.17, 15) is 10.2 Å². The van der Waals surface area contributed by atoms with E-state index in [0.29, 0.717) is 6.26 Å². The van der Waals surface area contributed by atoms with Crippen LogP contribution in [0.25, 0.3) is 0 Å². The van der Waals surface area contributed by atoms with Gasteiger partial charge in [-0.3, -0.25) is 0 Å². The quantitative estimate of drug-likeness (QED) is 0.312. The van der Waals surface area contributed by atoms with Gasteiger partial charge in [0.25, 0.3) is 0 Å². The second kappa shape index (κ2) is 7.68. The SMILES string of the molecule is C/C=C/C(C)(C)C(C)(C)OC(OC=C(O)O)C(O)[C@H](C)O. The van der Waals surface area contributed by atoms with Gasteiger partial charge in [0, 0.05) is 5.41 Å². The number of hydrogen-bond acceptors (Lipinski definition) is 6. The number of rotatable bonds is 8. The third kappa shape index (κ3) is 5.95. The summed E-state index contributed by atoms with van der Waals surface area (Å²) < 4.78 is 10.8. The number of aliphatic hydroxyl groups is 4. The summed E-state index contributed by atoms with van der Waals surface area (Å²) in [6.45, 7) is 10.8. The molecule has 0 fully saturated rings. The van der Waals surface area contributed by atoms with Crippen molar-refractivity contribution in [2.75, 3.05) is 0 Å². The standard InChI is InChI=1S/C15H28O6/c1-7-8-14(3,4)15(5,6)21-13(12(19)10(2)16)20-9-11(17)18/h7-10,12-13,16-19H,1-6H3/b8-7+/t10-,12?,13?/m0/s1. The lowest BCUT2D eigenvalue weighted by Gasteiger charge is -2.42. The molecule has 21 heavy (non-hydrogen) atoms. The second-order valence-electron chi connectivity index (χ2n) is 6.06. The lowest BCUT2D eigenvalue weighted by Crippen LogP contribution is -2.49. The Morgan fingerprint density at radius 1 is 1.10 bits per heavy atom. The highest BCUT2D eigenvalue weighted by atomic mass is 16.7. The highest BCUT2D eigenvalue weighted by Crippen LogP contribution is 2.36. The lowest BCUT2D eigenvalue weighted by molar-refractivity contribution is -0.253. The molecule has 0 rings (SSSR count). The van der Waals surface area contributed by atoms with Crippen molar-refractivity contribution >= 4 is 0 Å². The fraction of sp³-hybridized carbons (Fsp3) is 0.733. The van der Waals surface area contributed by atoms with Crippen LogP contribution in [0.3, 0.4) is 0 Å². The van der Waals surface area contributed by atoms with E-state index < -0.39 is 30.0 Å². The molecule has 0 aliphatic carbocycles. The highest BCUT2D eigenvalue weighted by Gasteiger charge is 2.40. The minimum Gasteiger partial charge on any atom is -0.479 e. The average molecular weight is 304 g/mol.